The molecule has 0 fully saturated rings. The minimum Gasteiger partial charge on any atom is -0.415 e. The van der Waals surface area contributed by atoms with Gasteiger partial charge in [0.15, 0.2) is 13.7 Å². The van der Waals surface area contributed by atoms with Gasteiger partial charge in [0.05, 0.1) is 23.2 Å². The highest BCUT2D eigenvalue weighted by molar-refractivity contribution is 6.74. The molecule has 190 valence electrons. The first kappa shape index (κ1) is 27.6. The van der Waals surface area contributed by atoms with Crippen LogP contribution in [0.15, 0.2) is 41.3 Å². The molecule has 0 saturated carbocycles. The van der Waals surface area contributed by atoms with Gasteiger partial charge in [-0.15, -0.1) is 0 Å². The second-order valence-electron chi connectivity index (χ2n) is 11.3. The summed E-state index contributed by atoms with van der Waals surface area (Å²) in [6, 6.07) is 7.54. The van der Waals surface area contributed by atoms with E-state index in [-0.39, 0.29) is 45.0 Å². The molecule has 3 nitrogen and oxygen atoms in total. The van der Waals surface area contributed by atoms with E-state index in [2.05, 4.69) is 47.7 Å². The molecule has 0 N–H and O–H groups in total. The number of pyridine rings is 1. The van der Waals surface area contributed by atoms with Gasteiger partial charge in [-0.05, 0) is 60.3 Å². The quantitative estimate of drug-likeness (QED) is 0.296. The number of aryl methyl sites for hydroxylation is 1. The van der Waals surface area contributed by atoms with Crippen LogP contribution >= 0.6 is 11.6 Å². The molecule has 0 aliphatic carbocycles. The Labute approximate surface area is 213 Å². The normalized spacial score (nSPS) is 13.6. The van der Waals surface area contributed by atoms with Gasteiger partial charge in [0.25, 0.3) is 0 Å². The van der Waals surface area contributed by atoms with E-state index in [4.69, 9.17) is 16.0 Å². The molecule has 0 aliphatic heterocycles. The van der Waals surface area contributed by atoms with Gasteiger partial charge in [0.1, 0.15) is 11.6 Å². The van der Waals surface area contributed by atoms with Crippen molar-refractivity contribution < 1.29 is 13.2 Å². The Bertz CT molecular complexity index is 1290. The molecule has 35 heavy (non-hydrogen) atoms. The summed E-state index contributed by atoms with van der Waals surface area (Å²) in [6.45, 7) is 17.5. The summed E-state index contributed by atoms with van der Waals surface area (Å²) in [6.07, 6.45) is 1.81. The van der Waals surface area contributed by atoms with Crippen LogP contribution in [0.1, 0.15) is 57.4 Å². The Hall–Kier alpha value is -2.02. The van der Waals surface area contributed by atoms with Crippen LogP contribution < -0.4 is 5.43 Å². The molecular weight excluding hydrogens is 484 g/mol. The Kier molecular flexibility index (Phi) is 7.99. The molecule has 1 heterocycles. The van der Waals surface area contributed by atoms with Crippen molar-refractivity contribution in [2.24, 2.45) is 5.92 Å². The number of hydrogen-bond acceptors (Lipinski definition) is 2. The standard InChI is InChI=1S/C28H36ClF2NO2Si/c1-17(2)25(16-34-35(7,8)28(4,5)6)32-15-18(3)27(33)21-13-20(23(30)14-24(21)32)12-19-10-9-11-22(29)26(19)31/h9-11,13-15,17,25H,12,16H2,1-8H3/t25-/m1/s1. The zero-order valence-corrected chi connectivity index (χ0v) is 23.7. The van der Waals surface area contributed by atoms with E-state index in [0.717, 1.165) is 0 Å². The predicted molar refractivity (Wildman–Crippen MR) is 144 cm³/mol. The highest BCUT2D eigenvalue weighted by Crippen LogP contribution is 2.38. The molecule has 2 aromatic carbocycles. The Morgan fingerprint density at radius 3 is 2.37 bits per heavy atom. The van der Waals surface area contributed by atoms with Crippen LogP contribution in [0.4, 0.5) is 8.78 Å². The Morgan fingerprint density at radius 2 is 1.77 bits per heavy atom. The monoisotopic (exact) mass is 519 g/mol. The fourth-order valence-corrected chi connectivity index (χ4v) is 5.17. The molecule has 0 saturated heterocycles. The van der Waals surface area contributed by atoms with Crippen molar-refractivity contribution in [1.29, 1.82) is 0 Å². The minimum absolute atomic E-state index is 0.00361. The van der Waals surface area contributed by atoms with Gasteiger partial charge in [0.2, 0.25) is 0 Å². The van der Waals surface area contributed by atoms with Gasteiger partial charge in [-0.1, -0.05) is 58.4 Å². The maximum absolute atomic E-state index is 15.4. The second kappa shape index (κ2) is 10.2. The lowest BCUT2D eigenvalue weighted by Gasteiger charge is -2.38. The van der Waals surface area contributed by atoms with E-state index in [1.807, 2.05) is 4.57 Å². The van der Waals surface area contributed by atoms with Crippen molar-refractivity contribution >= 4 is 30.8 Å². The Balaban J connectivity index is 2.11. The first-order valence-corrected chi connectivity index (χ1v) is 15.3. The number of nitrogens with zero attached hydrogens (tertiary/aromatic N) is 1. The molecule has 1 aromatic heterocycles. The van der Waals surface area contributed by atoms with Gasteiger partial charge in [-0.3, -0.25) is 4.79 Å². The van der Waals surface area contributed by atoms with Crippen LogP contribution in [0.2, 0.25) is 23.2 Å². The lowest BCUT2D eigenvalue weighted by Crippen LogP contribution is -2.42. The summed E-state index contributed by atoms with van der Waals surface area (Å²) in [7, 11) is -2.01. The number of hydrogen-bond donors (Lipinski definition) is 0. The molecule has 1 atom stereocenters. The number of fused-ring (bicyclic) bond motifs is 1. The summed E-state index contributed by atoms with van der Waals surface area (Å²) in [5, 5.41) is 0.470. The van der Waals surface area contributed by atoms with Gasteiger partial charge in [-0.2, -0.15) is 0 Å². The van der Waals surface area contributed by atoms with Crippen LogP contribution in [0.5, 0.6) is 0 Å². The highest BCUT2D eigenvalue weighted by atomic mass is 35.5. The first-order chi connectivity index (χ1) is 16.1. The molecule has 3 rings (SSSR count). The molecular formula is C28H36ClF2NO2Si. The van der Waals surface area contributed by atoms with Crippen LogP contribution in [-0.2, 0) is 10.8 Å². The average Bonchev–Trinajstić information content (AvgIpc) is 2.74. The summed E-state index contributed by atoms with van der Waals surface area (Å²) >= 11 is 5.90. The summed E-state index contributed by atoms with van der Waals surface area (Å²) in [4.78, 5) is 13.1. The van der Waals surface area contributed by atoms with E-state index in [9.17, 15) is 9.18 Å². The van der Waals surface area contributed by atoms with Crippen molar-refractivity contribution in [3.05, 3.63) is 80.1 Å². The predicted octanol–water partition coefficient (Wildman–Crippen LogP) is 8.05. The van der Waals surface area contributed by atoms with Crippen LogP contribution in [-0.4, -0.2) is 19.5 Å². The fraction of sp³-hybridized carbons (Fsp3) is 0.464. The SMILES string of the molecule is Cc1cn([C@H](CO[Si](C)(C)C(C)(C)C)C(C)C)c2cc(F)c(Cc3cccc(Cl)c3F)cc2c1=O. The van der Waals surface area contributed by atoms with E-state index < -0.39 is 20.0 Å². The number of aromatic nitrogens is 1. The molecule has 0 spiro atoms. The third-order valence-corrected chi connectivity index (χ3v) is 12.1. The third kappa shape index (κ3) is 5.70. The smallest absolute Gasteiger partial charge is 0.192 e. The topological polar surface area (TPSA) is 31.2 Å². The lowest BCUT2D eigenvalue weighted by atomic mass is 9.99. The van der Waals surface area contributed by atoms with Crippen LogP contribution in [0.3, 0.4) is 0 Å². The molecule has 0 amide bonds. The number of rotatable bonds is 7. The van der Waals surface area contributed by atoms with E-state index in [1.165, 1.54) is 12.1 Å². The minimum atomic E-state index is -2.01. The summed E-state index contributed by atoms with van der Waals surface area (Å²) < 4.78 is 38.3. The fourth-order valence-electron chi connectivity index (χ4n) is 3.96. The summed E-state index contributed by atoms with van der Waals surface area (Å²) in [5.41, 5.74) is 1.47. The number of halogens is 3. The van der Waals surface area contributed by atoms with Crippen molar-refractivity contribution in [3.63, 3.8) is 0 Å². The molecule has 0 aliphatic rings. The van der Waals surface area contributed by atoms with Crippen molar-refractivity contribution in [2.45, 2.75) is 72.1 Å². The van der Waals surface area contributed by atoms with Crippen molar-refractivity contribution in [3.8, 4) is 0 Å². The lowest BCUT2D eigenvalue weighted by molar-refractivity contribution is 0.198. The van der Waals surface area contributed by atoms with Crippen LogP contribution in [0.25, 0.3) is 10.9 Å². The summed E-state index contributed by atoms with van der Waals surface area (Å²) in [5.74, 6) is -0.868. The second-order valence-corrected chi connectivity index (χ2v) is 16.5. The number of benzene rings is 2. The highest BCUT2D eigenvalue weighted by Gasteiger charge is 2.38. The molecule has 0 radical (unpaired) electrons. The first-order valence-electron chi connectivity index (χ1n) is 12.0. The molecule has 3 aromatic rings. The van der Waals surface area contributed by atoms with Gasteiger partial charge < -0.3 is 8.99 Å². The van der Waals surface area contributed by atoms with Crippen molar-refractivity contribution in [2.75, 3.05) is 6.61 Å². The average molecular weight is 520 g/mol. The van der Waals surface area contributed by atoms with Crippen LogP contribution in [0, 0.1) is 24.5 Å². The molecule has 0 unspecified atom stereocenters. The van der Waals surface area contributed by atoms with E-state index in [1.54, 1.807) is 31.3 Å². The van der Waals surface area contributed by atoms with Crippen molar-refractivity contribution in [1.82, 2.24) is 4.57 Å². The van der Waals surface area contributed by atoms with E-state index in [0.29, 0.717) is 23.1 Å². The zero-order chi connectivity index (χ0) is 26.3. The zero-order valence-electron chi connectivity index (χ0n) is 21.9. The van der Waals surface area contributed by atoms with Gasteiger partial charge in [0, 0.05) is 23.6 Å². The molecule has 7 heteroatoms. The maximum atomic E-state index is 15.4. The molecule has 0 bridgehead atoms. The van der Waals surface area contributed by atoms with E-state index >= 15 is 4.39 Å². The third-order valence-electron chi connectivity index (χ3n) is 7.34. The largest absolute Gasteiger partial charge is 0.415 e. The van der Waals surface area contributed by atoms with Gasteiger partial charge >= 0.3 is 0 Å². The van der Waals surface area contributed by atoms with Gasteiger partial charge in [-0.25, -0.2) is 8.78 Å². The maximum Gasteiger partial charge on any atom is 0.192 e. The Morgan fingerprint density at radius 1 is 1.11 bits per heavy atom.